The molecule has 6 nitrogen and oxygen atoms in total. The van der Waals surface area contributed by atoms with Gasteiger partial charge in [0.25, 0.3) is 0 Å². The quantitative estimate of drug-likeness (QED) is 0.437. The molecule has 0 amide bonds. The lowest BCUT2D eigenvalue weighted by Gasteiger charge is -2.25. The number of guanidine groups is 1. The van der Waals surface area contributed by atoms with Crippen LogP contribution < -0.4 is 10.6 Å². The van der Waals surface area contributed by atoms with Gasteiger partial charge < -0.3 is 15.7 Å². The van der Waals surface area contributed by atoms with Crippen molar-refractivity contribution < 1.29 is 5.11 Å². The third-order valence-corrected chi connectivity index (χ3v) is 4.42. The first kappa shape index (κ1) is 19.6. The van der Waals surface area contributed by atoms with Gasteiger partial charge in [0.2, 0.25) is 0 Å². The molecule has 1 unspecified atom stereocenters. The summed E-state index contributed by atoms with van der Waals surface area (Å²) < 4.78 is 1.84. The number of aliphatic imine (C=N–C) groups is 1. The first-order chi connectivity index (χ1) is 13.6. The van der Waals surface area contributed by atoms with Crippen molar-refractivity contribution >= 4 is 5.96 Å². The van der Waals surface area contributed by atoms with Crippen molar-refractivity contribution in [3.63, 3.8) is 0 Å². The van der Waals surface area contributed by atoms with Crippen LogP contribution in [0.25, 0.3) is 5.69 Å². The lowest BCUT2D eigenvalue weighted by molar-refractivity contribution is 0.0617. The maximum Gasteiger partial charge on any atom is 0.191 e. The Labute approximate surface area is 165 Å². The van der Waals surface area contributed by atoms with Gasteiger partial charge in [0.15, 0.2) is 5.96 Å². The van der Waals surface area contributed by atoms with E-state index in [2.05, 4.69) is 20.7 Å². The monoisotopic (exact) mass is 377 g/mol. The number of hydrogen-bond acceptors (Lipinski definition) is 3. The van der Waals surface area contributed by atoms with Crippen molar-refractivity contribution in [2.24, 2.45) is 4.99 Å². The molecule has 1 aromatic heterocycles. The van der Waals surface area contributed by atoms with Gasteiger partial charge in [-0.1, -0.05) is 48.5 Å². The number of aromatic nitrogens is 2. The van der Waals surface area contributed by atoms with E-state index < -0.39 is 5.60 Å². The minimum atomic E-state index is -0.990. The third-order valence-electron chi connectivity index (χ3n) is 4.42. The molecule has 0 saturated heterocycles. The first-order valence-corrected chi connectivity index (χ1v) is 9.47. The summed E-state index contributed by atoms with van der Waals surface area (Å²) in [4.78, 5) is 4.62. The highest BCUT2D eigenvalue weighted by molar-refractivity contribution is 5.79. The van der Waals surface area contributed by atoms with Crippen LogP contribution in [0.2, 0.25) is 0 Å². The van der Waals surface area contributed by atoms with Crippen LogP contribution in [0.4, 0.5) is 0 Å². The summed E-state index contributed by atoms with van der Waals surface area (Å²) >= 11 is 0. The molecular weight excluding hydrogens is 350 g/mol. The van der Waals surface area contributed by atoms with Gasteiger partial charge in [-0.3, -0.25) is 0 Å². The third kappa shape index (κ3) is 5.20. The van der Waals surface area contributed by atoms with E-state index in [0.717, 1.165) is 23.4 Å². The van der Waals surface area contributed by atoms with E-state index in [0.29, 0.717) is 19.0 Å². The van der Waals surface area contributed by atoms with Crippen LogP contribution in [0, 0.1) is 0 Å². The van der Waals surface area contributed by atoms with Crippen LogP contribution in [0.5, 0.6) is 0 Å². The number of hydrogen-bond donors (Lipinski definition) is 3. The van der Waals surface area contributed by atoms with Crippen molar-refractivity contribution in [2.45, 2.75) is 26.0 Å². The molecule has 1 heterocycles. The largest absolute Gasteiger partial charge is 0.384 e. The van der Waals surface area contributed by atoms with Gasteiger partial charge in [-0.15, -0.1) is 0 Å². The number of nitrogens with zero attached hydrogens (tertiary/aromatic N) is 3. The fourth-order valence-electron chi connectivity index (χ4n) is 2.83. The first-order valence-electron chi connectivity index (χ1n) is 9.47. The van der Waals surface area contributed by atoms with E-state index in [1.807, 2.05) is 84.7 Å². The second-order valence-corrected chi connectivity index (χ2v) is 6.82. The van der Waals surface area contributed by atoms with Gasteiger partial charge in [0.1, 0.15) is 5.60 Å². The van der Waals surface area contributed by atoms with E-state index in [1.54, 1.807) is 6.92 Å². The maximum atomic E-state index is 10.8. The van der Waals surface area contributed by atoms with E-state index in [-0.39, 0.29) is 0 Å². The van der Waals surface area contributed by atoms with Gasteiger partial charge in [0, 0.05) is 18.3 Å². The van der Waals surface area contributed by atoms with Crippen molar-refractivity contribution in [3.05, 3.63) is 84.2 Å². The molecule has 1 atom stereocenters. The Morgan fingerprint density at radius 3 is 2.43 bits per heavy atom. The Kier molecular flexibility index (Phi) is 6.45. The summed E-state index contributed by atoms with van der Waals surface area (Å²) in [5.74, 6) is 0.658. The van der Waals surface area contributed by atoms with Crippen molar-refractivity contribution in [1.29, 1.82) is 0 Å². The predicted molar refractivity (Wildman–Crippen MR) is 112 cm³/mol. The molecule has 0 bridgehead atoms. The maximum absolute atomic E-state index is 10.8. The highest BCUT2D eigenvalue weighted by Gasteiger charge is 2.22. The normalized spacial score (nSPS) is 13.8. The molecule has 0 aliphatic heterocycles. The molecule has 2 aromatic carbocycles. The van der Waals surface area contributed by atoms with E-state index >= 15 is 0 Å². The summed E-state index contributed by atoms with van der Waals surface area (Å²) in [7, 11) is 0. The topological polar surface area (TPSA) is 74.5 Å². The van der Waals surface area contributed by atoms with Crippen LogP contribution >= 0.6 is 0 Å². The molecule has 0 aliphatic rings. The zero-order valence-corrected chi connectivity index (χ0v) is 16.3. The summed E-state index contributed by atoms with van der Waals surface area (Å²) in [5, 5.41) is 21.6. The second-order valence-electron chi connectivity index (χ2n) is 6.82. The molecule has 0 radical (unpaired) electrons. The number of nitrogens with one attached hydrogen (secondary N) is 2. The summed E-state index contributed by atoms with van der Waals surface area (Å²) in [5.41, 5.74) is 1.90. The lowest BCUT2D eigenvalue weighted by atomic mass is 9.96. The van der Waals surface area contributed by atoms with Gasteiger partial charge in [-0.25, -0.2) is 9.67 Å². The standard InChI is InChI=1S/C22H27N5O/c1-3-23-21(25-17-22(2,28)19-10-6-4-7-11-19)24-14-18-15-26-27(16-18)20-12-8-5-9-13-20/h4-13,15-16,28H,3,14,17H2,1-2H3,(H2,23,24,25). The Hall–Kier alpha value is -3.12. The van der Waals surface area contributed by atoms with Gasteiger partial charge in [-0.05, 0) is 31.5 Å². The summed E-state index contributed by atoms with van der Waals surface area (Å²) in [6.07, 6.45) is 3.79. The zero-order chi connectivity index (χ0) is 19.8. The average Bonchev–Trinajstić information content (AvgIpc) is 3.20. The van der Waals surface area contributed by atoms with E-state index in [1.165, 1.54) is 0 Å². The van der Waals surface area contributed by atoms with Gasteiger partial charge in [0.05, 0.1) is 25.0 Å². The molecule has 6 heteroatoms. The SMILES string of the molecule is CCNC(=NCc1cnn(-c2ccccc2)c1)NCC(C)(O)c1ccccc1. The minimum absolute atomic E-state index is 0.353. The number of rotatable bonds is 7. The molecule has 3 aromatic rings. The molecular formula is C22H27N5O. The average molecular weight is 377 g/mol. The Morgan fingerprint density at radius 2 is 1.75 bits per heavy atom. The Morgan fingerprint density at radius 1 is 1.07 bits per heavy atom. The fraction of sp³-hybridized carbons (Fsp3) is 0.273. The molecule has 0 spiro atoms. The summed E-state index contributed by atoms with van der Waals surface area (Å²) in [6, 6.07) is 19.6. The molecule has 146 valence electrons. The van der Waals surface area contributed by atoms with Crippen molar-refractivity contribution in [2.75, 3.05) is 13.1 Å². The smallest absolute Gasteiger partial charge is 0.191 e. The van der Waals surface area contributed by atoms with Crippen LogP contribution in [-0.2, 0) is 12.1 Å². The van der Waals surface area contributed by atoms with Crippen molar-refractivity contribution in [3.8, 4) is 5.69 Å². The number of aliphatic hydroxyl groups is 1. The van der Waals surface area contributed by atoms with Gasteiger partial charge >= 0.3 is 0 Å². The second kappa shape index (κ2) is 9.19. The Bertz CT molecular complexity index is 888. The van der Waals surface area contributed by atoms with E-state index in [9.17, 15) is 5.11 Å². The molecule has 0 fully saturated rings. The molecule has 0 saturated carbocycles. The van der Waals surface area contributed by atoms with Crippen LogP contribution in [0.15, 0.2) is 78.0 Å². The lowest BCUT2D eigenvalue weighted by Crippen LogP contribution is -2.44. The predicted octanol–water partition coefficient (Wildman–Crippen LogP) is 2.84. The van der Waals surface area contributed by atoms with Crippen LogP contribution in [0.3, 0.4) is 0 Å². The molecule has 28 heavy (non-hydrogen) atoms. The highest BCUT2D eigenvalue weighted by Crippen LogP contribution is 2.18. The Balaban J connectivity index is 1.64. The van der Waals surface area contributed by atoms with E-state index in [4.69, 9.17) is 0 Å². The zero-order valence-electron chi connectivity index (χ0n) is 16.3. The molecule has 0 aliphatic carbocycles. The van der Waals surface area contributed by atoms with Crippen molar-refractivity contribution in [1.82, 2.24) is 20.4 Å². The van der Waals surface area contributed by atoms with Gasteiger partial charge in [-0.2, -0.15) is 5.10 Å². The van der Waals surface area contributed by atoms with Crippen LogP contribution in [0.1, 0.15) is 25.0 Å². The summed E-state index contributed by atoms with van der Waals surface area (Å²) in [6.45, 7) is 5.40. The minimum Gasteiger partial charge on any atom is -0.384 e. The van der Waals surface area contributed by atoms with Crippen LogP contribution in [-0.4, -0.2) is 33.9 Å². The number of benzene rings is 2. The fourth-order valence-corrected chi connectivity index (χ4v) is 2.83. The highest BCUT2D eigenvalue weighted by atomic mass is 16.3. The molecule has 3 rings (SSSR count). The number of para-hydroxylation sites is 1. The molecule has 3 N–H and O–H groups in total.